The molecular weight excluding hydrogens is 345 g/mol. The van der Waals surface area contributed by atoms with Gasteiger partial charge in [0.25, 0.3) is 0 Å². The molecule has 1 saturated carbocycles. The molecule has 3 rings (SSSR count). The first-order chi connectivity index (χ1) is 8.66. The van der Waals surface area contributed by atoms with Crippen LogP contribution in [0.15, 0.2) is 28.3 Å². The molecule has 0 nitrogen and oxygen atoms in total. The molecule has 0 spiro atoms. The van der Waals surface area contributed by atoms with E-state index in [2.05, 4.69) is 26.3 Å². The van der Waals surface area contributed by atoms with Crippen LogP contribution < -0.4 is 0 Å². The molecule has 1 aromatic rings. The van der Waals surface area contributed by atoms with Gasteiger partial charge in [0.1, 0.15) is 0 Å². The predicted molar refractivity (Wildman–Crippen MR) is 80.5 cm³/mol. The topological polar surface area (TPSA) is 0 Å². The second-order valence-electron chi connectivity index (χ2n) is 5.02. The summed E-state index contributed by atoms with van der Waals surface area (Å²) in [5, 5.41) is 0. The zero-order valence-electron chi connectivity index (χ0n) is 10.0. The maximum absolute atomic E-state index is 13.2. The highest BCUT2D eigenvalue weighted by Crippen LogP contribution is 2.44. The average molecular weight is 360 g/mol. The highest BCUT2D eigenvalue weighted by atomic mass is 127. The fourth-order valence-electron chi connectivity index (χ4n) is 2.74. The van der Waals surface area contributed by atoms with E-state index in [-0.39, 0.29) is 33.6 Å². The highest BCUT2D eigenvalue weighted by Gasteiger charge is 2.36. The summed E-state index contributed by atoms with van der Waals surface area (Å²) >= 11 is -0.0403. The Labute approximate surface area is 116 Å². The van der Waals surface area contributed by atoms with Crippen LogP contribution in [0.25, 0.3) is 5.57 Å². The third-order valence-electron chi connectivity index (χ3n) is 3.79. The Morgan fingerprint density at radius 2 is 1.83 bits per heavy atom. The van der Waals surface area contributed by atoms with E-state index in [1.54, 1.807) is 0 Å². The van der Waals surface area contributed by atoms with E-state index < -0.39 is 5.92 Å². The third-order valence-corrected chi connectivity index (χ3v) is 5.85. The average Bonchev–Trinajstić information content (AvgIpc) is 2.38. The largest absolute Gasteiger partial charge is 0.248 e. The van der Waals surface area contributed by atoms with Crippen LogP contribution in [0.2, 0.25) is 0 Å². The van der Waals surface area contributed by atoms with Crippen LogP contribution in [-0.2, 0) is 0 Å². The van der Waals surface area contributed by atoms with E-state index in [9.17, 15) is 8.78 Å². The van der Waals surface area contributed by atoms with Gasteiger partial charge in [-0.1, -0.05) is 45.0 Å². The number of allylic oxidation sites excluding steroid dienone is 1. The van der Waals surface area contributed by atoms with Crippen LogP contribution >= 0.6 is 20.7 Å². The van der Waals surface area contributed by atoms with E-state index in [0.717, 1.165) is 0 Å². The molecule has 1 aliphatic heterocycles. The van der Waals surface area contributed by atoms with Crippen LogP contribution in [-0.4, -0.2) is 9.93 Å². The lowest BCUT2D eigenvalue weighted by molar-refractivity contribution is -0.0401. The fraction of sp³-hybridized carbons (Fsp3) is 0.400. The summed E-state index contributed by atoms with van der Waals surface area (Å²) in [6, 6.07) is 8.37. The number of hydrogen-bond acceptors (Lipinski definition) is 0. The molecule has 96 valence electrons. The van der Waals surface area contributed by atoms with Gasteiger partial charge in [0.2, 0.25) is 5.92 Å². The number of hydrogen-bond donors (Lipinski definition) is 0. The van der Waals surface area contributed by atoms with Crippen molar-refractivity contribution in [2.24, 2.45) is 5.92 Å². The number of halogens is 3. The van der Waals surface area contributed by atoms with Crippen molar-refractivity contribution in [1.29, 1.82) is 0 Å². The standard InChI is InChI=1S/C15H15F2I/c16-15(17)7-5-11(6-8-15)14-10-18-9-12-3-1-2-4-13(12)14/h1-4,9-11H,5-8H2. The maximum Gasteiger partial charge on any atom is 0.248 e. The summed E-state index contributed by atoms with van der Waals surface area (Å²) in [6.45, 7) is 0. The van der Waals surface area contributed by atoms with Crippen molar-refractivity contribution < 1.29 is 8.78 Å². The Balaban J connectivity index is 1.86. The van der Waals surface area contributed by atoms with Gasteiger partial charge >= 0.3 is 0 Å². The molecule has 0 amide bonds. The molecule has 0 unspecified atom stereocenters. The number of fused-ring (bicyclic) bond motifs is 1. The molecular formula is C15H15F2I. The summed E-state index contributed by atoms with van der Waals surface area (Å²) in [5.74, 6) is -2.08. The zero-order chi connectivity index (χ0) is 12.6. The lowest BCUT2D eigenvalue weighted by Gasteiger charge is -2.31. The van der Waals surface area contributed by atoms with Crippen molar-refractivity contribution in [3.63, 3.8) is 0 Å². The minimum absolute atomic E-state index is 0.0403. The summed E-state index contributed by atoms with van der Waals surface area (Å²) in [4.78, 5) is 0. The number of rotatable bonds is 1. The summed E-state index contributed by atoms with van der Waals surface area (Å²) < 4.78 is 31.1. The van der Waals surface area contributed by atoms with Crippen molar-refractivity contribution >= 4 is 30.3 Å². The molecule has 3 heteroatoms. The van der Waals surface area contributed by atoms with E-state index in [1.807, 2.05) is 6.07 Å². The van der Waals surface area contributed by atoms with Crippen molar-refractivity contribution in [3.05, 3.63) is 39.5 Å². The lowest BCUT2D eigenvalue weighted by atomic mass is 9.79. The first-order valence-corrected chi connectivity index (χ1v) is 8.77. The van der Waals surface area contributed by atoms with E-state index >= 15 is 0 Å². The Morgan fingerprint density at radius 3 is 2.61 bits per heavy atom. The van der Waals surface area contributed by atoms with E-state index in [4.69, 9.17) is 0 Å². The Bertz CT molecular complexity index is 507. The monoisotopic (exact) mass is 360 g/mol. The first kappa shape index (κ1) is 12.5. The van der Waals surface area contributed by atoms with Gasteiger partial charge in [-0.3, -0.25) is 0 Å². The molecule has 0 aromatic heterocycles. The Hall–Kier alpha value is -0.580. The molecule has 1 heterocycles. The second kappa shape index (κ2) is 4.83. The van der Waals surface area contributed by atoms with Crippen LogP contribution in [0.5, 0.6) is 0 Å². The molecule has 0 radical (unpaired) electrons. The second-order valence-corrected chi connectivity index (χ2v) is 6.98. The van der Waals surface area contributed by atoms with Crippen LogP contribution in [0.1, 0.15) is 36.8 Å². The van der Waals surface area contributed by atoms with Crippen molar-refractivity contribution in [2.75, 3.05) is 0 Å². The van der Waals surface area contributed by atoms with E-state index in [1.165, 1.54) is 16.7 Å². The van der Waals surface area contributed by atoms with Gasteiger partial charge in [-0.25, -0.2) is 8.78 Å². The molecule has 18 heavy (non-hydrogen) atoms. The quantitative estimate of drug-likeness (QED) is 0.619. The highest BCUT2D eigenvalue weighted by molar-refractivity contribution is 14.2. The number of benzene rings is 1. The minimum Gasteiger partial charge on any atom is -0.207 e. The Morgan fingerprint density at radius 1 is 1.11 bits per heavy atom. The molecule has 0 N–H and O–H groups in total. The van der Waals surface area contributed by atoms with Gasteiger partial charge in [-0.15, -0.1) is 0 Å². The smallest absolute Gasteiger partial charge is 0.207 e. The first-order valence-electron chi connectivity index (χ1n) is 6.28. The molecule has 0 atom stereocenters. The molecule has 2 aliphatic rings. The van der Waals surface area contributed by atoms with Gasteiger partial charge in [0.05, 0.1) is 0 Å². The van der Waals surface area contributed by atoms with Crippen molar-refractivity contribution in [1.82, 2.24) is 0 Å². The third kappa shape index (κ3) is 2.42. The normalized spacial score (nSPS) is 22.9. The summed E-state index contributed by atoms with van der Waals surface area (Å²) in [5.41, 5.74) is 3.93. The SMILES string of the molecule is FC1(F)CCC(C2=CI=Cc3ccccc32)CC1. The van der Waals surface area contributed by atoms with Gasteiger partial charge in [0.15, 0.2) is 0 Å². The fourth-order valence-corrected chi connectivity index (χ4v) is 5.08. The molecule has 0 bridgehead atoms. The predicted octanol–water partition coefficient (Wildman–Crippen LogP) is 4.99. The van der Waals surface area contributed by atoms with Gasteiger partial charge in [0, 0.05) is 12.8 Å². The van der Waals surface area contributed by atoms with Crippen molar-refractivity contribution in [2.45, 2.75) is 31.6 Å². The van der Waals surface area contributed by atoms with E-state index in [0.29, 0.717) is 18.8 Å². The summed E-state index contributed by atoms with van der Waals surface area (Å²) in [7, 11) is 0. The van der Waals surface area contributed by atoms with Gasteiger partial charge in [-0.05, 0) is 43.6 Å². The number of alkyl halides is 2. The lowest BCUT2D eigenvalue weighted by Crippen LogP contribution is -2.25. The summed E-state index contributed by atoms with van der Waals surface area (Å²) in [6.07, 6.45) is 1.38. The molecule has 1 fully saturated rings. The Kier molecular flexibility index (Phi) is 3.34. The molecule has 1 aliphatic carbocycles. The van der Waals surface area contributed by atoms with Crippen LogP contribution in [0.4, 0.5) is 8.78 Å². The minimum atomic E-state index is -2.42. The van der Waals surface area contributed by atoms with Gasteiger partial charge in [-0.2, -0.15) is 0 Å². The van der Waals surface area contributed by atoms with Crippen LogP contribution in [0.3, 0.4) is 0 Å². The molecule has 1 aromatic carbocycles. The van der Waals surface area contributed by atoms with Crippen LogP contribution in [0, 0.1) is 5.92 Å². The maximum atomic E-state index is 13.2. The zero-order valence-corrected chi connectivity index (χ0v) is 12.2. The molecule has 0 saturated heterocycles. The van der Waals surface area contributed by atoms with Crippen molar-refractivity contribution in [3.8, 4) is 0 Å². The van der Waals surface area contributed by atoms with Gasteiger partial charge < -0.3 is 0 Å².